The molecule has 0 saturated carbocycles. The van der Waals surface area contributed by atoms with Gasteiger partial charge in [-0.05, 0) is 53.7 Å². The molecule has 0 aromatic carbocycles. The first-order chi connectivity index (χ1) is 20.6. The number of hydrogen-bond donors (Lipinski definition) is 1. The van der Waals surface area contributed by atoms with Gasteiger partial charge in [0.1, 0.15) is 31.2 Å². The highest BCUT2D eigenvalue weighted by Crippen LogP contribution is 2.50. The van der Waals surface area contributed by atoms with Gasteiger partial charge in [0.25, 0.3) is 0 Å². The zero-order valence-electron chi connectivity index (χ0n) is 25.8. The van der Waals surface area contributed by atoms with Gasteiger partial charge in [-0.15, -0.1) is 0 Å². The molecule has 44 heavy (non-hydrogen) atoms. The van der Waals surface area contributed by atoms with Gasteiger partial charge >= 0.3 is 19.8 Å². The predicted octanol–water partition coefficient (Wildman–Crippen LogP) is 4.48. The van der Waals surface area contributed by atoms with Crippen LogP contribution in [-0.2, 0) is 41.9 Å². The topological polar surface area (TPSA) is 176 Å². The summed E-state index contributed by atoms with van der Waals surface area (Å²) in [4.78, 5) is 35.9. The van der Waals surface area contributed by atoms with Crippen LogP contribution >= 0.6 is 7.82 Å². The van der Waals surface area contributed by atoms with E-state index in [0.717, 1.165) is 0 Å². The number of phosphoric ester groups is 1. The maximum atomic E-state index is 15.0. The van der Waals surface area contributed by atoms with Crippen LogP contribution in [0.25, 0.3) is 11.2 Å². The minimum atomic E-state index is -4.18. The Morgan fingerprint density at radius 3 is 2.05 bits per heavy atom. The number of nitrogens with zero attached hydrogens (tertiary/aromatic N) is 4. The van der Waals surface area contributed by atoms with Gasteiger partial charge in [-0.3, -0.25) is 27.7 Å². The second-order valence-corrected chi connectivity index (χ2v) is 13.6. The molecule has 1 fully saturated rings. The minimum Gasteiger partial charge on any atom is -0.461 e. The monoisotopic (exact) mass is 641 g/mol. The molecule has 1 aliphatic heterocycles. The van der Waals surface area contributed by atoms with Crippen LogP contribution in [0.1, 0.15) is 54.2 Å². The summed E-state index contributed by atoms with van der Waals surface area (Å²) in [7, 11) is -4.18. The van der Waals surface area contributed by atoms with Crippen LogP contribution in [0.3, 0.4) is 0 Å². The van der Waals surface area contributed by atoms with Crippen molar-refractivity contribution in [1.82, 2.24) is 19.5 Å². The Kier molecular flexibility index (Phi) is 12.2. The zero-order valence-corrected chi connectivity index (χ0v) is 26.7. The van der Waals surface area contributed by atoms with Crippen molar-refractivity contribution in [2.75, 3.05) is 38.8 Å². The van der Waals surface area contributed by atoms with Crippen LogP contribution in [0.5, 0.6) is 0 Å². The molecule has 3 heterocycles. The number of carbonyl (C=O) groups is 2. The van der Waals surface area contributed by atoms with Crippen LogP contribution in [-0.4, -0.2) is 76.8 Å². The average molecular weight is 642 g/mol. The van der Waals surface area contributed by atoms with Crippen LogP contribution in [0.4, 0.5) is 10.2 Å². The molecular weight excluding hydrogens is 600 g/mol. The van der Waals surface area contributed by atoms with E-state index < -0.39 is 37.2 Å². The Labute approximate surface area is 255 Å². The summed E-state index contributed by atoms with van der Waals surface area (Å²) in [6.07, 6.45) is 5.28. The number of imidazole rings is 1. The lowest BCUT2D eigenvalue weighted by Crippen LogP contribution is -2.22. The highest BCUT2D eigenvalue weighted by Gasteiger charge is 2.39. The molecule has 1 aliphatic rings. The van der Waals surface area contributed by atoms with E-state index in [1.54, 1.807) is 41.5 Å². The van der Waals surface area contributed by atoms with Gasteiger partial charge in [-0.2, -0.15) is 0 Å². The lowest BCUT2D eigenvalue weighted by atomic mass is 9.97. The first kappa shape index (κ1) is 35.3. The number of halogens is 1. The van der Waals surface area contributed by atoms with E-state index >= 15 is 4.39 Å². The van der Waals surface area contributed by atoms with Gasteiger partial charge in [0.2, 0.25) is 0 Å². The number of hydrogen-bond acceptors (Lipinski definition) is 13. The molecule has 0 bridgehead atoms. The number of fused-ring (bicyclic) bond motifs is 1. The van der Waals surface area contributed by atoms with Gasteiger partial charge < -0.3 is 19.9 Å². The van der Waals surface area contributed by atoms with Gasteiger partial charge in [0.05, 0.1) is 43.1 Å². The standard InChI is InChI=1S/C28H41FN5O9P/c1-27(2,3)25(35)38-11-7-9-13-40-44(37,41-14-10-8-12-39-26(36)28(4,5)6)42-16-19-15-20(29)24(43-19)34-18-33-21-22(30)31-17-32-23(21)34/h7-10,17-20,24H,11-16H2,1-6H3,(H2,30,31,32)/b9-7-,10-8-. The molecule has 3 atom stereocenters. The predicted molar refractivity (Wildman–Crippen MR) is 158 cm³/mol. The van der Waals surface area contributed by atoms with Crippen molar-refractivity contribution in [3.63, 3.8) is 0 Å². The average Bonchev–Trinajstić information content (AvgIpc) is 3.53. The van der Waals surface area contributed by atoms with Crippen LogP contribution in [0, 0.1) is 10.8 Å². The summed E-state index contributed by atoms with van der Waals surface area (Å²) >= 11 is 0. The quantitative estimate of drug-likeness (QED) is 0.174. The number of ether oxygens (including phenoxy) is 3. The van der Waals surface area contributed by atoms with E-state index in [4.69, 9.17) is 33.5 Å². The summed E-state index contributed by atoms with van der Waals surface area (Å²) in [5.74, 6) is -0.595. The van der Waals surface area contributed by atoms with Crippen LogP contribution < -0.4 is 5.73 Å². The molecule has 14 nitrogen and oxygen atoms in total. The number of nitrogen functional groups attached to an aromatic ring is 1. The lowest BCUT2D eigenvalue weighted by Gasteiger charge is -2.19. The fourth-order valence-corrected chi connectivity index (χ4v) is 4.73. The maximum absolute atomic E-state index is 15.0. The number of rotatable bonds is 14. The second kappa shape index (κ2) is 15.2. The van der Waals surface area contributed by atoms with Crippen LogP contribution in [0.15, 0.2) is 37.0 Å². The first-order valence-corrected chi connectivity index (χ1v) is 15.5. The third-order valence-electron chi connectivity index (χ3n) is 6.05. The number of anilines is 1. The number of carbonyl (C=O) groups excluding carboxylic acids is 2. The van der Waals surface area contributed by atoms with Gasteiger partial charge in [-0.25, -0.2) is 23.9 Å². The van der Waals surface area contributed by atoms with Gasteiger partial charge in [0, 0.05) is 6.42 Å². The molecule has 0 radical (unpaired) electrons. The van der Waals surface area contributed by atoms with Crippen molar-refractivity contribution in [3.05, 3.63) is 37.0 Å². The van der Waals surface area contributed by atoms with Gasteiger partial charge in [-0.1, -0.05) is 12.2 Å². The molecule has 2 aromatic heterocycles. The molecule has 3 unspecified atom stereocenters. The van der Waals surface area contributed by atoms with Crippen molar-refractivity contribution < 1.29 is 46.3 Å². The normalized spacial score (nSPS) is 19.8. The minimum absolute atomic E-state index is 0.00377. The summed E-state index contributed by atoms with van der Waals surface area (Å²) in [6, 6.07) is 0. The summed E-state index contributed by atoms with van der Waals surface area (Å²) in [5.41, 5.74) is 5.16. The largest absolute Gasteiger partial charge is 0.475 e. The Bertz CT molecular complexity index is 1340. The third kappa shape index (κ3) is 10.2. The molecule has 0 spiro atoms. The van der Waals surface area contributed by atoms with E-state index in [9.17, 15) is 14.2 Å². The number of alkyl halides is 1. The lowest BCUT2D eigenvalue weighted by molar-refractivity contribution is -0.152. The molecular formula is C28H41FN5O9P. The molecule has 2 aromatic rings. The Morgan fingerprint density at radius 1 is 0.955 bits per heavy atom. The SMILES string of the molecule is CC(C)(C)C(=O)OC/C=C\COP(=O)(OC/C=C\COC(=O)C(C)(C)C)OCC1CC(F)C(n2cnc3c(N)ncnc32)O1. The summed E-state index contributed by atoms with van der Waals surface area (Å²) in [6.45, 7) is 9.71. The molecule has 16 heteroatoms. The summed E-state index contributed by atoms with van der Waals surface area (Å²) in [5, 5.41) is 0. The Hall–Kier alpha value is -3.23. The fraction of sp³-hybridized carbons (Fsp3) is 0.607. The van der Waals surface area contributed by atoms with Crippen molar-refractivity contribution in [2.24, 2.45) is 10.8 Å². The van der Waals surface area contributed by atoms with E-state index in [1.165, 1.54) is 41.5 Å². The molecule has 2 N–H and O–H groups in total. The molecule has 0 amide bonds. The molecule has 3 rings (SSSR count). The number of esters is 2. The maximum Gasteiger partial charge on any atom is 0.475 e. The van der Waals surface area contributed by atoms with E-state index in [-0.39, 0.29) is 57.2 Å². The summed E-state index contributed by atoms with van der Waals surface area (Å²) < 4.78 is 62.4. The zero-order chi connectivity index (χ0) is 32.5. The molecule has 1 saturated heterocycles. The number of phosphoric acid groups is 1. The number of nitrogens with two attached hydrogens (primary N) is 1. The van der Waals surface area contributed by atoms with Crippen molar-refractivity contribution in [3.8, 4) is 0 Å². The first-order valence-electron chi connectivity index (χ1n) is 14.0. The fourth-order valence-electron chi connectivity index (χ4n) is 3.62. The van der Waals surface area contributed by atoms with Crippen LogP contribution in [0.2, 0.25) is 0 Å². The Balaban J connectivity index is 1.58. The second-order valence-electron chi connectivity index (χ2n) is 12.0. The highest BCUT2D eigenvalue weighted by atomic mass is 31.2. The Morgan fingerprint density at radius 2 is 1.50 bits per heavy atom. The van der Waals surface area contributed by atoms with Crippen molar-refractivity contribution >= 4 is 36.7 Å². The smallest absolute Gasteiger partial charge is 0.461 e. The number of aromatic nitrogens is 4. The van der Waals surface area contributed by atoms with Crippen molar-refractivity contribution in [2.45, 2.75) is 66.5 Å². The highest BCUT2D eigenvalue weighted by molar-refractivity contribution is 7.48. The molecule has 0 aliphatic carbocycles. The van der Waals surface area contributed by atoms with E-state index in [1.807, 2.05) is 0 Å². The van der Waals surface area contributed by atoms with E-state index in [0.29, 0.717) is 11.2 Å². The molecule has 244 valence electrons. The van der Waals surface area contributed by atoms with E-state index in [2.05, 4.69) is 15.0 Å². The third-order valence-corrected chi connectivity index (χ3v) is 7.44. The van der Waals surface area contributed by atoms with Crippen molar-refractivity contribution in [1.29, 1.82) is 0 Å². The van der Waals surface area contributed by atoms with Gasteiger partial charge in [0.15, 0.2) is 17.7 Å².